The molecule has 20 heavy (non-hydrogen) atoms. The number of para-hydroxylation sites is 2. The quantitative estimate of drug-likeness (QED) is 0.732. The van der Waals surface area contributed by atoms with Crippen LogP contribution < -0.4 is 5.32 Å². The molecular weight excluding hydrogens is 252 g/mol. The fraction of sp³-hybridized carbons (Fsp3) is 0.125. The van der Waals surface area contributed by atoms with Gasteiger partial charge in [-0.1, -0.05) is 12.1 Å². The maximum absolute atomic E-state index is 11.2. The second-order valence-corrected chi connectivity index (χ2v) is 4.56. The fourth-order valence-corrected chi connectivity index (χ4v) is 2.00. The fourth-order valence-electron chi connectivity index (χ4n) is 2.00. The minimum absolute atomic E-state index is 0.0653. The number of Topliss-reactive ketones (excluding diaryl/α,β-unsaturated/α-hetero) is 1. The van der Waals surface area contributed by atoms with Gasteiger partial charge in [0.05, 0.1) is 6.54 Å². The summed E-state index contributed by atoms with van der Waals surface area (Å²) in [6.45, 7) is 2.06. The van der Waals surface area contributed by atoms with Crippen LogP contribution in [0, 0.1) is 0 Å². The van der Waals surface area contributed by atoms with Crippen molar-refractivity contribution in [3.63, 3.8) is 0 Å². The van der Waals surface area contributed by atoms with Crippen LogP contribution in [-0.4, -0.2) is 10.8 Å². The average molecular weight is 266 g/mol. The van der Waals surface area contributed by atoms with Crippen LogP contribution >= 0.6 is 0 Å². The van der Waals surface area contributed by atoms with Crippen molar-refractivity contribution >= 4 is 22.6 Å². The maximum atomic E-state index is 11.2. The third-order valence-electron chi connectivity index (χ3n) is 3.07. The van der Waals surface area contributed by atoms with E-state index in [0.717, 1.165) is 16.8 Å². The van der Waals surface area contributed by atoms with Crippen molar-refractivity contribution in [3.8, 4) is 0 Å². The van der Waals surface area contributed by atoms with Crippen molar-refractivity contribution < 1.29 is 9.21 Å². The van der Waals surface area contributed by atoms with Crippen LogP contribution in [0.2, 0.25) is 0 Å². The van der Waals surface area contributed by atoms with E-state index in [2.05, 4.69) is 10.3 Å². The van der Waals surface area contributed by atoms with Crippen LogP contribution in [0.3, 0.4) is 0 Å². The number of aromatic nitrogens is 1. The van der Waals surface area contributed by atoms with Crippen LogP contribution in [0.5, 0.6) is 0 Å². The van der Waals surface area contributed by atoms with Gasteiger partial charge in [0, 0.05) is 11.3 Å². The highest BCUT2D eigenvalue weighted by atomic mass is 16.3. The van der Waals surface area contributed by atoms with Crippen molar-refractivity contribution in [1.82, 2.24) is 4.98 Å². The second-order valence-electron chi connectivity index (χ2n) is 4.56. The van der Waals surface area contributed by atoms with Crippen LogP contribution in [0.1, 0.15) is 23.2 Å². The Morgan fingerprint density at radius 3 is 2.60 bits per heavy atom. The first kappa shape index (κ1) is 12.4. The standard InChI is InChI=1S/C16H14N2O2/c1-11(19)12-6-8-13(9-7-12)17-10-16-18-14-4-2-3-5-15(14)20-16/h2-9,17H,10H2,1H3. The van der Waals surface area contributed by atoms with E-state index in [1.165, 1.54) is 0 Å². The first-order valence-corrected chi connectivity index (χ1v) is 6.42. The van der Waals surface area contributed by atoms with Crippen molar-refractivity contribution in [2.75, 3.05) is 5.32 Å². The number of anilines is 1. The first-order chi connectivity index (χ1) is 9.72. The lowest BCUT2D eigenvalue weighted by Crippen LogP contribution is -2.00. The van der Waals surface area contributed by atoms with Gasteiger partial charge in [-0.05, 0) is 43.3 Å². The largest absolute Gasteiger partial charge is 0.439 e. The van der Waals surface area contributed by atoms with Crippen molar-refractivity contribution in [2.24, 2.45) is 0 Å². The molecule has 0 amide bonds. The summed E-state index contributed by atoms with van der Waals surface area (Å²) in [5.74, 6) is 0.706. The summed E-state index contributed by atoms with van der Waals surface area (Å²) in [5.41, 5.74) is 3.28. The molecule has 3 aromatic rings. The Balaban J connectivity index is 1.71. The lowest BCUT2D eigenvalue weighted by Gasteiger charge is -2.04. The SMILES string of the molecule is CC(=O)c1ccc(NCc2nc3ccccc3o2)cc1. The van der Waals surface area contributed by atoms with Crippen LogP contribution in [-0.2, 0) is 6.54 Å². The van der Waals surface area contributed by atoms with E-state index in [-0.39, 0.29) is 5.78 Å². The lowest BCUT2D eigenvalue weighted by molar-refractivity contribution is 0.101. The Bertz CT molecular complexity index is 712. The van der Waals surface area contributed by atoms with E-state index in [1.807, 2.05) is 36.4 Å². The predicted molar refractivity (Wildman–Crippen MR) is 77.8 cm³/mol. The molecule has 0 unspecified atom stereocenters. The molecule has 0 atom stereocenters. The third kappa shape index (κ3) is 2.54. The highest BCUT2D eigenvalue weighted by molar-refractivity contribution is 5.94. The van der Waals surface area contributed by atoms with Gasteiger partial charge in [-0.25, -0.2) is 4.98 Å². The molecule has 0 radical (unpaired) electrons. The molecular formula is C16H14N2O2. The molecule has 4 heteroatoms. The van der Waals surface area contributed by atoms with Gasteiger partial charge in [0.15, 0.2) is 11.4 Å². The zero-order chi connectivity index (χ0) is 13.9. The topological polar surface area (TPSA) is 55.1 Å². The van der Waals surface area contributed by atoms with E-state index in [4.69, 9.17) is 4.42 Å². The molecule has 2 aromatic carbocycles. The summed E-state index contributed by atoms with van der Waals surface area (Å²) in [4.78, 5) is 15.6. The molecule has 1 N–H and O–H groups in total. The molecule has 0 bridgehead atoms. The monoisotopic (exact) mass is 266 g/mol. The molecule has 1 heterocycles. The number of hydrogen-bond acceptors (Lipinski definition) is 4. The minimum Gasteiger partial charge on any atom is -0.439 e. The Hall–Kier alpha value is -2.62. The molecule has 0 aliphatic carbocycles. The molecule has 4 nitrogen and oxygen atoms in total. The van der Waals surface area contributed by atoms with Gasteiger partial charge in [0.1, 0.15) is 5.52 Å². The number of oxazole rings is 1. The summed E-state index contributed by atoms with van der Waals surface area (Å²) >= 11 is 0. The predicted octanol–water partition coefficient (Wildman–Crippen LogP) is 3.64. The van der Waals surface area contributed by atoms with Crippen molar-refractivity contribution in [2.45, 2.75) is 13.5 Å². The minimum atomic E-state index is 0.0653. The van der Waals surface area contributed by atoms with Gasteiger partial charge in [-0.3, -0.25) is 4.79 Å². The highest BCUT2D eigenvalue weighted by Crippen LogP contribution is 2.16. The van der Waals surface area contributed by atoms with E-state index < -0.39 is 0 Å². The Morgan fingerprint density at radius 1 is 1.15 bits per heavy atom. The molecule has 0 aliphatic heterocycles. The highest BCUT2D eigenvalue weighted by Gasteiger charge is 2.04. The number of fused-ring (bicyclic) bond motifs is 1. The van der Waals surface area contributed by atoms with Crippen molar-refractivity contribution in [3.05, 3.63) is 60.0 Å². The molecule has 1 aromatic heterocycles. The maximum Gasteiger partial charge on any atom is 0.214 e. The lowest BCUT2D eigenvalue weighted by atomic mass is 10.1. The first-order valence-electron chi connectivity index (χ1n) is 6.42. The number of nitrogens with zero attached hydrogens (tertiary/aromatic N) is 1. The van der Waals surface area contributed by atoms with E-state index in [9.17, 15) is 4.79 Å². The number of ketones is 1. The van der Waals surface area contributed by atoms with E-state index in [0.29, 0.717) is 18.0 Å². The van der Waals surface area contributed by atoms with Gasteiger partial charge in [-0.15, -0.1) is 0 Å². The Kier molecular flexibility index (Phi) is 3.21. The number of nitrogens with one attached hydrogen (secondary N) is 1. The number of carbonyl (C=O) groups excluding carboxylic acids is 1. The summed E-state index contributed by atoms with van der Waals surface area (Å²) in [7, 11) is 0. The Labute approximate surface area is 116 Å². The number of carbonyl (C=O) groups is 1. The van der Waals surface area contributed by atoms with E-state index >= 15 is 0 Å². The molecule has 0 saturated heterocycles. The summed E-state index contributed by atoms with van der Waals surface area (Å²) in [6.07, 6.45) is 0. The smallest absolute Gasteiger partial charge is 0.214 e. The van der Waals surface area contributed by atoms with E-state index in [1.54, 1.807) is 19.1 Å². The Morgan fingerprint density at radius 2 is 1.90 bits per heavy atom. The molecule has 100 valence electrons. The number of hydrogen-bond donors (Lipinski definition) is 1. The van der Waals surface area contributed by atoms with Gasteiger partial charge >= 0.3 is 0 Å². The van der Waals surface area contributed by atoms with Gasteiger partial charge in [0.2, 0.25) is 5.89 Å². The van der Waals surface area contributed by atoms with Crippen LogP contribution in [0.15, 0.2) is 52.9 Å². The van der Waals surface area contributed by atoms with Gasteiger partial charge in [0.25, 0.3) is 0 Å². The average Bonchev–Trinajstić information content (AvgIpc) is 2.88. The number of benzene rings is 2. The molecule has 0 fully saturated rings. The summed E-state index contributed by atoms with van der Waals surface area (Å²) in [5, 5.41) is 3.22. The summed E-state index contributed by atoms with van der Waals surface area (Å²) in [6, 6.07) is 15.0. The van der Waals surface area contributed by atoms with Crippen molar-refractivity contribution in [1.29, 1.82) is 0 Å². The third-order valence-corrected chi connectivity index (χ3v) is 3.07. The van der Waals surface area contributed by atoms with Crippen LogP contribution in [0.25, 0.3) is 11.1 Å². The molecule has 0 saturated carbocycles. The second kappa shape index (κ2) is 5.17. The summed E-state index contributed by atoms with van der Waals surface area (Å²) < 4.78 is 5.62. The molecule has 3 rings (SSSR count). The molecule has 0 spiro atoms. The van der Waals surface area contributed by atoms with Crippen LogP contribution in [0.4, 0.5) is 5.69 Å². The molecule has 0 aliphatic rings. The zero-order valence-electron chi connectivity index (χ0n) is 11.1. The zero-order valence-corrected chi connectivity index (χ0v) is 11.1. The normalized spacial score (nSPS) is 10.7. The number of rotatable bonds is 4. The van der Waals surface area contributed by atoms with Gasteiger partial charge < -0.3 is 9.73 Å². The van der Waals surface area contributed by atoms with Gasteiger partial charge in [-0.2, -0.15) is 0 Å².